The Hall–Kier alpha value is -2.09. The van der Waals surface area contributed by atoms with Crippen molar-refractivity contribution in [1.82, 2.24) is 5.32 Å². The molecule has 1 N–H and O–H groups in total. The maximum Gasteiger partial charge on any atom is 0.223 e. The highest BCUT2D eigenvalue weighted by Crippen LogP contribution is 2.47. The van der Waals surface area contributed by atoms with Crippen LogP contribution >= 0.6 is 0 Å². The standard InChI is InChI=1S/C18H19NO/c20-18(19-12-11-14-7-3-1-4-8-14)17-13-16(17)15-9-5-2-6-10-15/h1-10,16-17H,11-13H2,(H,19,20)/t16-,17+/m1/s1. The van der Waals surface area contributed by atoms with E-state index < -0.39 is 0 Å². The smallest absolute Gasteiger partial charge is 0.223 e. The van der Waals surface area contributed by atoms with Crippen molar-refractivity contribution in [2.24, 2.45) is 5.92 Å². The third-order valence-electron chi connectivity index (χ3n) is 3.91. The Bertz CT molecular complexity index is 564. The predicted molar refractivity (Wildman–Crippen MR) is 80.4 cm³/mol. The number of hydrogen-bond acceptors (Lipinski definition) is 1. The Kier molecular flexibility index (Phi) is 3.82. The van der Waals surface area contributed by atoms with Gasteiger partial charge in [-0.3, -0.25) is 4.79 Å². The molecule has 0 heterocycles. The second-order valence-corrected chi connectivity index (χ2v) is 5.39. The lowest BCUT2D eigenvalue weighted by Gasteiger charge is -2.05. The maximum absolute atomic E-state index is 12.1. The summed E-state index contributed by atoms with van der Waals surface area (Å²) in [4.78, 5) is 12.1. The number of benzene rings is 2. The Balaban J connectivity index is 1.45. The van der Waals surface area contributed by atoms with E-state index in [4.69, 9.17) is 0 Å². The highest BCUT2D eigenvalue weighted by molar-refractivity contribution is 5.82. The quantitative estimate of drug-likeness (QED) is 0.884. The van der Waals surface area contributed by atoms with E-state index in [0.717, 1.165) is 19.4 Å². The van der Waals surface area contributed by atoms with Gasteiger partial charge in [-0.05, 0) is 29.9 Å². The summed E-state index contributed by atoms with van der Waals surface area (Å²) in [7, 11) is 0. The SMILES string of the molecule is O=C(NCCc1ccccc1)[C@H]1C[C@@H]1c1ccccc1. The Morgan fingerprint density at radius 2 is 1.65 bits per heavy atom. The van der Waals surface area contributed by atoms with Gasteiger partial charge in [-0.2, -0.15) is 0 Å². The summed E-state index contributed by atoms with van der Waals surface area (Å²) in [5.41, 5.74) is 2.55. The molecule has 2 heteroatoms. The minimum atomic E-state index is 0.174. The van der Waals surface area contributed by atoms with E-state index in [1.807, 2.05) is 36.4 Å². The van der Waals surface area contributed by atoms with E-state index in [-0.39, 0.29) is 11.8 Å². The minimum absolute atomic E-state index is 0.174. The van der Waals surface area contributed by atoms with E-state index in [0.29, 0.717) is 5.92 Å². The average Bonchev–Trinajstić information content (AvgIpc) is 3.30. The number of carbonyl (C=O) groups is 1. The monoisotopic (exact) mass is 265 g/mol. The number of amides is 1. The van der Waals surface area contributed by atoms with Gasteiger partial charge in [-0.25, -0.2) is 0 Å². The Morgan fingerprint density at radius 1 is 1.00 bits per heavy atom. The zero-order valence-corrected chi connectivity index (χ0v) is 11.5. The van der Waals surface area contributed by atoms with E-state index in [1.165, 1.54) is 11.1 Å². The fraction of sp³-hybridized carbons (Fsp3) is 0.278. The Morgan fingerprint density at radius 3 is 2.35 bits per heavy atom. The van der Waals surface area contributed by atoms with E-state index in [1.54, 1.807) is 0 Å². The molecule has 0 saturated heterocycles. The van der Waals surface area contributed by atoms with Gasteiger partial charge in [0, 0.05) is 12.5 Å². The third kappa shape index (κ3) is 3.08. The molecule has 0 unspecified atom stereocenters. The van der Waals surface area contributed by atoms with E-state index in [9.17, 15) is 4.79 Å². The van der Waals surface area contributed by atoms with Crippen LogP contribution in [0.5, 0.6) is 0 Å². The summed E-state index contributed by atoms with van der Waals surface area (Å²) in [6, 6.07) is 20.6. The molecule has 0 aromatic heterocycles. The van der Waals surface area contributed by atoms with Crippen molar-refractivity contribution < 1.29 is 4.79 Å². The second-order valence-electron chi connectivity index (χ2n) is 5.39. The number of hydrogen-bond donors (Lipinski definition) is 1. The predicted octanol–water partition coefficient (Wildman–Crippen LogP) is 3.15. The molecule has 2 aromatic carbocycles. The van der Waals surface area contributed by atoms with Crippen molar-refractivity contribution >= 4 is 5.91 Å². The zero-order chi connectivity index (χ0) is 13.8. The molecule has 0 aliphatic heterocycles. The van der Waals surface area contributed by atoms with Crippen LogP contribution in [0.2, 0.25) is 0 Å². The molecule has 1 amide bonds. The molecule has 3 rings (SSSR count). The normalized spacial score (nSPS) is 20.4. The highest BCUT2D eigenvalue weighted by Gasteiger charge is 2.43. The van der Waals surface area contributed by atoms with E-state index >= 15 is 0 Å². The summed E-state index contributed by atoms with van der Waals surface area (Å²) in [6.45, 7) is 0.723. The number of carbonyl (C=O) groups excluding carboxylic acids is 1. The molecule has 20 heavy (non-hydrogen) atoms. The minimum Gasteiger partial charge on any atom is -0.356 e. The van der Waals surface area contributed by atoms with Crippen molar-refractivity contribution in [3.8, 4) is 0 Å². The third-order valence-corrected chi connectivity index (χ3v) is 3.91. The van der Waals surface area contributed by atoms with Gasteiger partial charge in [-0.1, -0.05) is 60.7 Å². The molecule has 2 atom stereocenters. The first-order valence-electron chi connectivity index (χ1n) is 7.21. The van der Waals surface area contributed by atoms with Crippen molar-refractivity contribution in [3.63, 3.8) is 0 Å². The lowest BCUT2D eigenvalue weighted by molar-refractivity contribution is -0.122. The molecule has 102 valence electrons. The second kappa shape index (κ2) is 5.91. The largest absolute Gasteiger partial charge is 0.356 e. The van der Waals surface area contributed by atoms with Crippen LogP contribution in [0.1, 0.15) is 23.5 Å². The number of rotatable bonds is 5. The van der Waals surface area contributed by atoms with Gasteiger partial charge in [0.2, 0.25) is 5.91 Å². The van der Waals surface area contributed by atoms with Gasteiger partial charge in [0.25, 0.3) is 0 Å². The van der Waals surface area contributed by atoms with Crippen molar-refractivity contribution in [1.29, 1.82) is 0 Å². The van der Waals surface area contributed by atoms with Crippen LogP contribution in [0.25, 0.3) is 0 Å². The highest BCUT2D eigenvalue weighted by atomic mass is 16.2. The zero-order valence-electron chi connectivity index (χ0n) is 11.5. The first kappa shape index (κ1) is 12.9. The lowest BCUT2D eigenvalue weighted by Crippen LogP contribution is -2.27. The van der Waals surface area contributed by atoms with Gasteiger partial charge < -0.3 is 5.32 Å². The van der Waals surface area contributed by atoms with Gasteiger partial charge >= 0.3 is 0 Å². The van der Waals surface area contributed by atoms with Gasteiger partial charge in [-0.15, -0.1) is 0 Å². The van der Waals surface area contributed by atoms with Crippen molar-refractivity contribution in [2.45, 2.75) is 18.8 Å². The first-order valence-corrected chi connectivity index (χ1v) is 7.21. The van der Waals surface area contributed by atoms with Gasteiger partial charge in [0.05, 0.1) is 0 Å². The molecule has 2 nitrogen and oxygen atoms in total. The molecule has 1 aliphatic carbocycles. The molecular formula is C18H19NO. The van der Waals surface area contributed by atoms with Crippen LogP contribution in [0.15, 0.2) is 60.7 Å². The van der Waals surface area contributed by atoms with Crippen LogP contribution in [0.4, 0.5) is 0 Å². The molecule has 1 aliphatic rings. The molecule has 1 fully saturated rings. The average molecular weight is 265 g/mol. The molecule has 1 saturated carbocycles. The van der Waals surface area contributed by atoms with Crippen LogP contribution in [-0.4, -0.2) is 12.5 Å². The van der Waals surface area contributed by atoms with Crippen LogP contribution < -0.4 is 5.32 Å². The molecular weight excluding hydrogens is 246 g/mol. The maximum atomic E-state index is 12.1. The topological polar surface area (TPSA) is 29.1 Å². The first-order chi connectivity index (χ1) is 9.84. The fourth-order valence-corrected chi connectivity index (χ4v) is 2.66. The van der Waals surface area contributed by atoms with Crippen LogP contribution in [0.3, 0.4) is 0 Å². The van der Waals surface area contributed by atoms with E-state index in [2.05, 4.69) is 29.6 Å². The van der Waals surface area contributed by atoms with Crippen molar-refractivity contribution in [3.05, 3.63) is 71.8 Å². The summed E-state index contributed by atoms with van der Waals surface area (Å²) >= 11 is 0. The summed E-state index contributed by atoms with van der Waals surface area (Å²) < 4.78 is 0. The van der Waals surface area contributed by atoms with Gasteiger partial charge in [0.15, 0.2) is 0 Å². The van der Waals surface area contributed by atoms with Gasteiger partial charge in [0.1, 0.15) is 0 Å². The summed E-state index contributed by atoms with van der Waals surface area (Å²) in [5.74, 6) is 0.802. The molecule has 2 aromatic rings. The van der Waals surface area contributed by atoms with Crippen LogP contribution in [-0.2, 0) is 11.2 Å². The molecule has 0 radical (unpaired) electrons. The lowest BCUT2D eigenvalue weighted by atomic mass is 10.1. The summed E-state index contributed by atoms with van der Waals surface area (Å²) in [5, 5.41) is 3.05. The molecule has 0 bridgehead atoms. The van der Waals surface area contributed by atoms with Crippen molar-refractivity contribution in [2.75, 3.05) is 6.54 Å². The Labute approximate surface area is 119 Å². The number of nitrogens with one attached hydrogen (secondary N) is 1. The summed E-state index contributed by atoms with van der Waals surface area (Å²) in [6.07, 6.45) is 1.89. The van der Waals surface area contributed by atoms with Crippen LogP contribution in [0, 0.1) is 5.92 Å². The molecule has 0 spiro atoms. The fourth-order valence-electron chi connectivity index (χ4n) is 2.66.